The summed E-state index contributed by atoms with van der Waals surface area (Å²) in [7, 11) is 0. The van der Waals surface area contributed by atoms with Crippen molar-refractivity contribution >= 4 is 6.08 Å². The van der Waals surface area contributed by atoms with Crippen molar-refractivity contribution in [3.63, 3.8) is 0 Å². The second-order valence-corrected chi connectivity index (χ2v) is 2.99. The lowest BCUT2D eigenvalue weighted by atomic mass is 10.1. The molecule has 0 heterocycles. The Morgan fingerprint density at radius 3 is 2.50 bits per heavy atom. The molecule has 0 saturated carbocycles. The number of hydrogen-bond donors (Lipinski definition) is 1. The second kappa shape index (κ2) is 5.20. The summed E-state index contributed by atoms with van der Waals surface area (Å²) in [4.78, 5) is 0. The van der Waals surface area contributed by atoms with Gasteiger partial charge in [0.2, 0.25) is 0 Å². The van der Waals surface area contributed by atoms with Crippen LogP contribution in [0.25, 0.3) is 6.08 Å². The molecule has 0 aromatic heterocycles. The molecule has 14 heavy (non-hydrogen) atoms. The molecule has 1 N–H and O–H groups in total. The first-order valence-electron chi connectivity index (χ1n) is 4.46. The highest BCUT2D eigenvalue weighted by atomic mass is 16.3. The van der Waals surface area contributed by atoms with E-state index in [0.29, 0.717) is 5.57 Å². The average Bonchev–Trinajstić information content (AvgIpc) is 2.26. The van der Waals surface area contributed by atoms with Gasteiger partial charge in [0.25, 0.3) is 0 Å². The first kappa shape index (κ1) is 10.5. The van der Waals surface area contributed by atoms with E-state index in [4.69, 9.17) is 0 Å². The van der Waals surface area contributed by atoms with E-state index < -0.39 is 6.10 Å². The largest absolute Gasteiger partial charge is 0.384 e. The van der Waals surface area contributed by atoms with Crippen LogP contribution in [-0.4, -0.2) is 11.2 Å². The number of aliphatic hydroxyl groups excluding tert-OH is 1. The van der Waals surface area contributed by atoms with Gasteiger partial charge >= 0.3 is 0 Å². The molecule has 0 aliphatic heterocycles. The Labute approximate surface area is 84.7 Å². The molecule has 1 rings (SSSR count). The fourth-order valence-corrected chi connectivity index (χ4v) is 1.01. The van der Waals surface area contributed by atoms with Crippen LogP contribution in [0.5, 0.6) is 0 Å². The minimum Gasteiger partial charge on any atom is -0.384 e. The Morgan fingerprint density at radius 1 is 1.29 bits per heavy atom. The molecule has 1 aromatic rings. The van der Waals surface area contributed by atoms with Crippen molar-refractivity contribution in [1.82, 2.24) is 0 Å². The van der Waals surface area contributed by atoms with Crippen molar-refractivity contribution < 1.29 is 5.11 Å². The average molecular weight is 186 g/mol. The van der Waals surface area contributed by atoms with Crippen LogP contribution in [-0.2, 0) is 0 Å². The Balaban J connectivity index is 2.65. The van der Waals surface area contributed by atoms with E-state index in [1.54, 1.807) is 12.2 Å². The Hall–Kier alpha value is -1.60. The van der Waals surface area contributed by atoms with Gasteiger partial charge in [0, 0.05) is 0 Å². The molecule has 72 valence electrons. The second-order valence-electron chi connectivity index (χ2n) is 2.99. The van der Waals surface area contributed by atoms with Gasteiger partial charge in [-0.1, -0.05) is 61.7 Å². The first-order valence-corrected chi connectivity index (χ1v) is 4.46. The third-order valence-corrected chi connectivity index (χ3v) is 1.91. The van der Waals surface area contributed by atoms with Gasteiger partial charge < -0.3 is 5.11 Å². The first-order chi connectivity index (χ1) is 6.74. The van der Waals surface area contributed by atoms with E-state index in [2.05, 4.69) is 13.2 Å². The number of benzene rings is 1. The highest BCUT2D eigenvalue weighted by Gasteiger charge is 1.98. The Bertz CT molecular complexity index is 336. The van der Waals surface area contributed by atoms with Gasteiger partial charge in [-0.3, -0.25) is 0 Å². The van der Waals surface area contributed by atoms with Crippen molar-refractivity contribution in [2.45, 2.75) is 6.10 Å². The van der Waals surface area contributed by atoms with Crippen molar-refractivity contribution in [2.24, 2.45) is 0 Å². The monoisotopic (exact) mass is 186 g/mol. The van der Waals surface area contributed by atoms with Gasteiger partial charge in [0.1, 0.15) is 0 Å². The molecule has 0 aliphatic rings. The molecule has 0 radical (unpaired) electrons. The molecular weight excluding hydrogens is 172 g/mol. The molecule has 0 spiro atoms. The van der Waals surface area contributed by atoms with E-state index in [1.165, 1.54) is 0 Å². The Kier molecular flexibility index (Phi) is 3.89. The quantitative estimate of drug-likeness (QED) is 0.717. The number of aliphatic hydroxyl groups is 1. The fourth-order valence-electron chi connectivity index (χ4n) is 1.01. The van der Waals surface area contributed by atoms with Crippen molar-refractivity contribution in [1.29, 1.82) is 0 Å². The summed E-state index contributed by atoms with van der Waals surface area (Å²) in [6, 6.07) is 9.80. The highest BCUT2D eigenvalue weighted by molar-refractivity contribution is 5.50. The topological polar surface area (TPSA) is 20.2 Å². The zero-order chi connectivity index (χ0) is 10.4. The van der Waals surface area contributed by atoms with Gasteiger partial charge in [-0.15, -0.1) is 0 Å². The zero-order valence-electron chi connectivity index (χ0n) is 8.06. The zero-order valence-corrected chi connectivity index (χ0v) is 8.06. The molecular formula is C13H14O. The molecule has 0 aliphatic carbocycles. The molecule has 1 heteroatoms. The lowest BCUT2D eigenvalue weighted by Crippen LogP contribution is -2.02. The van der Waals surface area contributed by atoms with Crippen LogP contribution < -0.4 is 0 Å². The Morgan fingerprint density at radius 2 is 1.93 bits per heavy atom. The van der Waals surface area contributed by atoms with E-state index in [-0.39, 0.29) is 0 Å². The summed E-state index contributed by atoms with van der Waals surface area (Å²) >= 11 is 0. The summed E-state index contributed by atoms with van der Waals surface area (Å²) in [6.45, 7) is 7.21. The SMILES string of the molecule is C=CC(=C)C(O)/C=C/c1ccccc1. The van der Waals surface area contributed by atoms with E-state index >= 15 is 0 Å². The van der Waals surface area contributed by atoms with Crippen LogP contribution in [0.15, 0.2) is 61.2 Å². The van der Waals surface area contributed by atoms with Crippen LogP contribution in [0, 0.1) is 0 Å². The lowest BCUT2D eigenvalue weighted by Gasteiger charge is -2.03. The smallest absolute Gasteiger partial charge is 0.0969 e. The van der Waals surface area contributed by atoms with Crippen LogP contribution >= 0.6 is 0 Å². The van der Waals surface area contributed by atoms with Gasteiger partial charge in [0.05, 0.1) is 6.10 Å². The van der Waals surface area contributed by atoms with Gasteiger partial charge in [-0.05, 0) is 11.1 Å². The number of rotatable bonds is 4. The fraction of sp³-hybridized carbons (Fsp3) is 0.0769. The van der Waals surface area contributed by atoms with Crippen molar-refractivity contribution in [3.8, 4) is 0 Å². The van der Waals surface area contributed by atoms with E-state index in [0.717, 1.165) is 5.56 Å². The maximum absolute atomic E-state index is 9.52. The van der Waals surface area contributed by atoms with Crippen molar-refractivity contribution in [2.75, 3.05) is 0 Å². The molecule has 1 atom stereocenters. The molecule has 1 aromatic carbocycles. The van der Waals surface area contributed by atoms with E-state index in [1.807, 2.05) is 36.4 Å². The summed E-state index contributed by atoms with van der Waals surface area (Å²) in [6.07, 6.45) is 4.46. The lowest BCUT2D eigenvalue weighted by molar-refractivity contribution is 0.264. The predicted molar refractivity (Wildman–Crippen MR) is 60.8 cm³/mol. The van der Waals surface area contributed by atoms with Crippen LogP contribution in [0.1, 0.15) is 5.56 Å². The summed E-state index contributed by atoms with van der Waals surface area (Å²) in [5.74, 6) is 0. The number of hydrogen-bond acceptors (Lipinski definition) is 1. The highest BCUT2D eigenvalue weighted by Crippen LogP contribution is 2.06. The molecule has 0 saturated heterocycles. The molecule has 0 amide bonds. The molecule has 1 nitrogen and oxygen atoms in total. The minimum atomic E-state index is -0.646. The normalized spacial score (nSPS) is 12.6. The van der Waals surface area contributed by atoms with E-state index in [9.17, 15) is 5.11 Å². The van der Waals surface area contributed by atoms with Crippen molar-refractivity contribution in [3.05, 3.63) is 66.8 Å². The minimum absolute atomic E-state index is 0.609. The third kappa shape index (κ3) is 3.04. The molecule has 0 fully saturated rings. The molecule has 1 unspecified atom stereocenters. The summed E-state index contributed by atoms with van der Waals surface area (Å²) < 4.78 is 0. The molecule has 0 bridgehead atoms. The maximum Gasteiger partial charge on any atom is 0.0969 e. The van der Waals surface area contributed by atoms with Gasteiger partial charge in [0.15, 0.2) is 0 Å². The van der Waals surface area contributed by atoms with Crippen LogP contribution in [0.3, 0.4) is 0 Å². The van der Waals surface area contributed by atoms with Gasteiger partial charge in [-0.25, -0.2) is 0 Å². The summed E-state index contributed by atoms with van der Waals surface area (Å²) in [5, 5.41) is 9.52. The standard InChI is InChI=1S/C13H14O/c1-3-11(2)13(14)10-9-12-7-5-4-6-8-12/h3-10,13-14H,1-2H2/b10-9+. The maximum atomic E-state index is 9.52. The van der Waals surface area contributed by atoms with Crippen LogP contribution in [0.4, 0.5) is 0 Å². The van der Waals surface area contributed by atoms with Gasteiger partial charge in [-0.2, -0.15) is 0 Å². The third-order valence-electron chi connectivity index (χ3n) is 1.91. The predicted octanol–water partition coefficient (Wildman–Crippen LogP) is 2.80. The van der Waals surface area contributed by atoms with Crippen LogP contribution in [0.2, 0.25) is 0 Å². The summed E-state index contributed by atoms with van der Waals surface area (Å²) in [5.41, 5.74) is 1.67.